The highest BCUT2D eigenvalue weighted by Crippen LogP contribution is 2.83. The Morgan fingerprint density at radius 3 is 0.903 bits per heavy atom. The van der Waals surface area contributed by atoms with Crippen molar-refractivity contribution in [2.24, 2.45) is 11.8 Å². The second-order valence-electron chi connectivity index (χ2n) is 7.35. The third-order valence-electron chi connectivity index (χ3n) is 6.11. The third kappa shape index (κ3) is 1.67. The van der Waals surface area contributed by atoms with Gasteiger partial charge in [0.15, 0.2) is 23.3 Å². The average Bonchev–Trinajstić information content (AvgIpc) is 2.74. The monoisotopic (exact) mass is 486 g/mol. The van der Waals surface area contributed by atoms with Crippen LogP contribution in [0.15, 0.2) is 0 Å². The highest BCUT2D eigenvalue weighted by molar-refractivity contribution is 5.55. The average molecular weight is 486 g/mol. The number of halogens is 16. The zero-order valence-electron chi connectivity index (χ0n) is 13.7. The molecular formula is C15H2F16. The van der Waals surface area contributed by atoms with E-state index in [1.807, 2.05) is 0 Å². The van der Waals surface area contributed by atoms with Gasteiger partial charge in [-0.05, 0) is 0 Å². The maximum atomic E-state index is 15.4. The maximum absolute atomic E-state index is 15.4. The van der Waals surface area contributed by atoms with E-state index in [9.17, 15) is 61.5 Å². The zero-order valence-corrected chi connectivity index (χ0v) is 13.7. The minimum Gasteiger partial charge on any atom is -0.231 e. The predicted octanol–water partition coefficient (Wildman–Crippen LogP) is 6.02. The molecule has 2 fully saturated rings. The molecule has 0 spiro atoms. The van der Waals surface area contributed by atoms with Crippen LogP contribution >= 0.6 is 0 Å². The Hall–Kier alpha value is -1.90. The smallest absolute Gasteiger partial charge is 0.231 e. The maximum Gasteiger partial charge on any atom is 0.372 e. The number of benzene rings is 1. The van der Waals surface area contributed by atoms with E-state index in [-0.39, 0.29) is 0 Å². The van der Waals surface area contributed by atoms with Crippen LogP contribution in [-0.4, -0.2) is 29.6 Å². The van der Waals surface area contributed by atoms with Crippen molar-refractivity contribution in [2.45, 2.75) is 41.0 Å². The Morgan fingerprint density at radius 2 is 0.645 bits per heavy atom. The van der Waals surface area contributed by atoms with Crippen molar-refractivity contribution in [3.05, 3.63) is 34.4 Å². The summed E-state index contributed by atoms with van der Waals surface area (Å²) in [6.07, 6.45) is 0. The van der Waals surface area contributed by atoms with Crippen molar-refractivity contribution in [2.75, 3.05) is 0 Å². The molecule has 16 heteroatoms. The first kappa shape index (κ1) is 22.3. The molecule has 174 valence electrons. The van der Waals surface area contributed by atoms with Crippen LogP contribution < -0.4 is 0 Å². The first-order valence-electron chi connectivity index (χ1n) is 7.76. The molecule has 4 aliphatic rings. The van der Waals surface area contributed by atoms with Gasteiger partial charge in [-0.15, -0.1) is 0 Å². The molecule has 0 N–H and O–H groups in total. The molecule has 4 aliphatic carbocycles. The molecule has 0 radical (unpaired) electrons. The number of hydrogen-bond donors (Lipinski definition) is 0. The Kier molecular flexibility index (Phi) is 3.61. The lowest BCUT2D eigenvalue weighted by Gasteiger charge is -2.60. The molecule has 0 aliphatic heterocycles. The van der Waals surface area contributed by atoms with Crippen molar-refractivity contribution in [1.29, 1.82) is 0 Å². The van der Waals surface area contributed by atoms with E-state index < -0.39 is 87.2 Å². The molecule has 31 heavy (non-hydrogen) atoms. The first-order chi connectivity index (χ1) is 13.6. The molecule has 4 atom stereocenters. The Labute approximate surface area is 158 Å². The first-order valence-corrected chi connectivity index (χ1v) is 7.76. The van der Waals surface area contributed by atoms with Crippen LogP contribution in [0.2, 0.25) is 0 Å². The summed E-state index contributed by atoms with van der Waals surface area (Å²) < 4.78 is 227. The molecule has 4 unspecified atom stereocenters. The van der Waals surface area contributed by atoms with Gasteiger partial charge in [-0.1, -0.05) is 0 Å². The largest absolute Gasteiger partial charge is 0.372 e. The van der Waals surface area contributed by atoms with E-state index >= 15 is 8.78 Å². The van der Waals surface area contributed by atoms with Gasteiger partial charge in [-0.3, -0.25) is 0 Å². The van der Waals surface area contributed by atoms with Crippen LogP contribution in [0.3, 0.4) is 0 Å². The van der Waals surface area contributed by atoms with E-state index in [0.29, 0.717) is 0 Å². The number of alkyl halides is 12. The van der Waals surface area contributed by atoms with Crippen LogP contribution in [0.25, 0.3) is 0 Å². The van der Waals surface area contributed by atoms with Crippen LogP contribution in [0.4, 0.5) is 70.2 Å². The third-order valence-corrected chi connectivity index (χ3v) is 6.11. The Balaban J connectivity index is 2.34. The molecule has 0 nitrogen and oxygen atoms in total. The fourth-order valence-electron chi connectivity index (χ4n) is 4.78. The van der Waals surface area contributed by atoms with Gasteiger partial charge in [-0.25, -0.2) is 26.3 Å². The minimum absolute atomic E-state index is 3.29. The predicted molar refractivity (Wildman–Crippen MR) is 63.6 cm³/mol. The SMILES string of the molecule is Fc1c(F)c(F)c2c(c1F)C1(F)C3C(C(F)(F)C(F)(F)C3(F)F)C2(F)C(F)(F)C1(F)F. The number of rotatable bonds is 0. The Bertz CT molecular complexity index is 948. The normalized spacial score (nSPS) is 39.9. The standard InChI is InChI=1S/C15H2F16/c16-3-1-2(4(17)6(19)5(3)18)10(21)8-7(9(1,20)13(26,27)14(10,28)29)11(22,23)15(30,31)12(8,24)25/h7-8H. The summed E-state index contributed by atoms with van der Waals surface area (Å²) in [5, 5.41) is 0. The lowest BCUT2D eigenvalue weighted by molar-refractivity contribution is -0.410. The topological polar surface area (TPSA) is 0 Å². The molecule has 0 aromatic heterocycles. The zero-order chi connectivity index (χ0) is 24.1. The van der Waals surface area contributed by atoms with E-state index in [4.69, 9.17) is 0 Å². The molecule has 0 saturated heterocycles. The van der Waals surface area contributed by atoms with Gasteiger partial charge in [0.05, 0.1) is 11.8 Å². The second kappa shape index (κ2) is 5.02. The lowest BCUT2D eigenvalue weighted by atomic mass is 9.49. The highest BCUT2D eigenvalue weighted by atomic mass is 19.4. The minimum atomic E-state index is -7.03. The summed E-state index contributed by atoms with van der Waals surface area (Å²) >= 11 is 0. The van der Waals surface area contributed by atoms with E-state index in [2.05, 4.69) is 0 Å². The summed E-state index contributed by atoms with van der Waals surface area (Å²) in [4.78, 5) is 0. The highest BCUT2D eigenvalue weighted by Gasteiger charge is 3.03. The lowest BCUT2D eigenvalue weighted by Crippen LogP contribution is -2.79. The van der Waals surface area contributed by atoms with Gasteiger partial charge in [0.2, 0.25) is 11.3 Å². The van der Waals surface area contributed by atoms with Crippen molar-refractivity contribution in [3.63, 3.8) is 0 Å². The van der Waals surface area contributed by atoms with Crippen molar-refractivity contribution >= 4 is 0 Å². The number of fused-ring (bicyclic) bond motifs is 1. The van der Waals surface area contributed by atoms with Crippen LogP contribution in [-0.2, 0) is 11.3 Å². The molecule has 1 aromatic carbocycles. The van der Waals surface area contributed by atoms with Gasteiger partial charge < -0.3 is 0 Å². The molecule has 1 aromatic rings. The summed E-state index contributed by atoms with van der Waals surface area (Å²) in [6.45, 7) is 0. The van der Waals surface area contributed by atoms with Gasteiger partial charge in [0.1, 0.15) is 0 Å². The van der Waals surface area contributed by atoms with Crippen LogP contribution in [0, 0.1) is 35.1 Å². The molecule has 0 heterocycles. The molecular weight excluding hydrogens is 484 g/mol. The Morgan fingerprint density at radius 1 is 0.387 bits per heavy atom. The summed E-state index contributed by atoms with van der Waals surface area (Å²) in [6, 6.07) is 0. The molecule has 2 bridgehead atoms. The summed E-state index contributed by atoms with van der Waals surface area (Å²) in [5.74, 6) is -58.4. The molecule has 5 rings (SSSR count). The van der Waals surface area contributed by atoms with Crippen LogP contribution in [0.1, 0.15) is 11.1 Å². The van der Waals surface area contributed by atoms with E-state index in [1.165, 1.54) is 0 Å². The van der Waals surface area contributed by atoms with Gasteiger partial charge >= 0.3 is 29.6 Å². The fourth-order valence-corrected chi connectivity index (χ4v) is 4.78. The van der Waals surface area contributed by atoms with Gasteiger partial charge in [0.25, 0.3) is 0 Å². The summed E-state index contributed by atoms with van der Waals surface area (Å²) in [5.41, 5.74) is -19.5. The van der Waals surface area contributed by atoms with Crippen molar-refractivity contribution in [1.82, 2.24) is 0 Å². The van der Waals surface area contributed by atoms with Crippen molar-refractivity contribution in [3.8, 4) is 0 Å². The quantitative estimate of drug-likeness (QED) is 0.239. The summed E-state index contributed by atoms with van der Waals surface area (Å²) in [7, 11) is 0. The van der Waals surface area contributed by atoms with Crippen molar-refractivity contribution < 1.29 is 70.2 Å². The van der Waals surface area contributed by atoms with Crippen LogP contribution in [0.5, 0.6) is 0 Å². The fraction of sp³-hybridized carbons (Fsp3) is 0.600. The number of hydrogen-bond acceptors (Lipinski definition) is 0. The molecule has 2 saturated carbocycles. The van der Waals surface area contributed by atoms with Gasteiger partial charge in [-0.2, -0.15) is 43.9 Å². The van der Waals surface area contributed by atoms with E-state index in [0.717, 1.165) is 0 Å². The van der Waals surface area contributed by atoms with Gasteiger partial charge in [0, 0.05) is 11.1 Å². The van der Waals surface area contributed by atoms with E-state index in [1.54, 1.807) is 0 Å². The second-order valence-corrected chi connectivity index (χ2v) is 7.35. The molecule has 0 amide bonds.